The van der Waals surface area contributed by atoms with Gasteiger partial charge in [-0.25, -0.2) is 4.98 Å². The monoisotopic (exact) mass is 423 g/mol. The quantitative estimate of drug-likeness (QED) is 0.562. The lowest BCUT2D eigenvalue weighted by Crippen LogP contribution is -2.25. The number of aromatic nitrogens is 2. The van der Waals surface area contributed by atoms with Crippen LogP contribution in [0.2, 0.25) is 5.02 Å². The summed E-state index contributed by atoms with van der Waals surface area (Å²) < 4.78 is 5.86. The van der Waals surface area contributed by atoms with E-state index in [1.807, 2.05) is 55.5 Å². The van der Waals surface area contributed by atoms with E-state index in [9.17, 15) is 0 Å². The molecule has 1 fully saturated rings. The van der Waals surface area contributed by atoms with Crippen LogP contribution in [0.3, 0.4) is 0 Å². The lowest BCUT2D eigenvalue weighted by atomic mass is 10.1. The van der Waals surface area contributed by atoms with E-state index in [0.717, 1.165) is 34.8 Å². The molecule has 156 valence electrons. The Kier molecular flexibility index (Phi) is 6.35. The molecule has 0 spiro atoms. The fraction of sp³-hybridized carbons (Fsp3) is 0.304. The molecule has 1 saturated heterocycles. The average Bonchev–Trinajstić information content (AvgIpc) is 3.26. The smallest absolute Gasteiger partial charge is 0.229 e. The van der Waals surface area contributed by atoms with E-state index in [1.54, 1.807) is 0 Å². The second kappa shape index (κ2) is 9.32. The Morgan fingerprint density at radius 2 is 1.73 bits per heavy atom. The topological polar surface area (TPSA) is 76.3 Å². The van der Waals surface area contributed by atoms with Crippen LogP contribution in [0.15, 0.2) is 48.5 Å². The predicted molar refractivity (Wildman–Crippen MR) is 123 cm³/mol. The number of nitrogens with two attached hydrogens (primary N) is 1. The van der Waals surface area contributed by atoms with E-state index in [4.69, 9.17) is 22.1 Å². The van der Waals surface area contributed by atoms with Crippen molar-refractivity contribution in [3.8, 4) is 17.0 Å². The number of nitrogens with one attached hydrogen (secondary N) is 1. The molecule has 0 bridgehead atoms. The summed E-state index contributed by atoms with van der Waals surface area (Å²) in [6.07, 6.45) is 2.59. The lowest BCUT2D eigenvalue weighted by molar-refractivity contribution is 0.238. The molecule has 30 heavy (non-hydrogen) atoms. The lowest BCUT2D eigenvalue weighted by Gasteiger charge is -2.15. The number of benzene rings is 2. The molecule has 0 radical (unpaired) electrons. The van der Waals surface area contributed by atoms with Gasteiger partial charge in [0, 0.05) is 28.4 Å². The zero-order valence-corrected chi connectivity index (χ0v) is 17.8. The van der Waals surface area contributed by atoms with Gasteiger partial charge in [0.15, 0.2) is 0 Å². The Labute approximate surface area is 182 Å². The van der Waals surface area contributed by atoms with Gasteiger partial charge in [-0.05, 0) is 69.3 Å². The van der Waals surface area contributed by atoms with E-state index in [-0.39, 0.29) is 0 Å². The molecule has 1 aliphatic rings. The minimum atomic E-state index is 0.444. The van der Waals surface area contributed by atoms with Gasteiger partial charge in [0.2, 0.25) is 5.95 Å². The van der Waals surface area contributed by atoms with Gasteiger partial charge in [0.1, 0.15) is 18.2 Å². The molecule has 2 heterocycles. The number of hydrogen-bond acceptors (Lipinski definition) is 6. The van der Waals surface area contributed by atoms with Gasteiger partial charge in [-0.15, -0.1) is 0 Å². The van der Waals surface area contributed by atoms with Gasteiger partial charge in [-0.3, -0.25) is 4.90 Å². The Balaban J connectivity index is 1.42. The van der Waals surface area contributed by atoms with Gasteiger partial charge in [-0.1, -0.05) is 23.7 Å². The zero-order chi connectivity index (χ0) is 20.9. The number of halogens is 1. The summed E-state index contributed by atoms with van der Waals surface area (Å²) in [6.45, 7) is 5.96. The molecule has 0 amide bonds. The SMILES string of the molecule is Cc1c(N)nc(Nc2ccc(OCCN3CCCC3)cc2)nc1-c1ccc(Cl)cc1. The second-order valence-electron chi connectivity index (χ2n) is 7.46. The van der Waals surface area contributed by atoms with E-state index >= 15 is 0 Å². The fourth-order valence-electron chi connectivity index (χ4n) is 3.54. The molecule has 1 aromatic heterocycles. The van der Waals surface area contributed by atoms with Crippen molar-refractivity contribution in [3.05, 3.63) is 59.1 Å². The molecule has 1 aliphatic heterocycles. The Bertz CT molecular complexity index is 986. The van der Waals surface area contributed by atoms with Crippen molar-refractivity contribution in [2.45, 2.75) is 19.8 Å². The average molecular weight is 424 g/mol. The van der Waals surface area contributed by atoms with Crippen molar-refractivity contribution in [1.29, 1.82) is 0 Å². The minimum Gasteiger partial charge on any atom is -0.492 e. The maximum absolute atomic E-state index is 6.13. The highest BCUT2D eigenvalue weighted by atomic mass is 35.5. The van der Waals surface area contributed by atoms with Gasteiger partial charge >= 0.3 is 0 Å². The fourth-order valence-corrected chi connectivity index (χ4v) is 3.67. The third kappa shape index (κ3) is 5.01. The Morgan fingerprint density at radius 3 is 2.43 bits per heavy atom. The number of likely N-dealkylation sites (tertiary alicyclic amines) is 1. The van der Waals surface area contributed by atoms with Gasteiger partial charge in [-0.2, -0.15) is 4.98 Å². The Morgan fingerprint density at radius 1 is 1.03 bits per heavy atom. The molecule has 0 aliphatic carbocycles. The first-order chi connectivity index (χ1) is 14.6. The molecular weight excluding hydrogens is 398 g/mol. The van der Waals surface area contributed by atoms with Crippen LogP contribution in [-0.2, 0) is 0 Å². The first kappa shape index (κ1) is 20.4. The molecular formula is C23H26ClN5O. The number of nitrogens with zero attached hydrogens (tertiary/aromatic N) is 3. The summed E-state index contributed by atoms with van der Waals surface area (Å²) in [6, 6.07) is 15.3. The summed E-state index contributed by atoms with van der Waals surface area (Å²) in [5.41, 5.74) is 9.56. The molecule has 0 saturated carbocycles. The van der Waals surface area contributed by atoms with E-state index in [1.165, 1.54) is 25.9 Å². The van der Waals surface area contributed by atoms with Crippen LogP contribution in [0.1, 0.15) is 18.4 Å². The first-order valence-electron chi connectivity index (χ1n) is 10.2. The summed E-state index contributed by atoms with van der Waals surface area (Å²) >= 11 is 6.00. The zero-order valence-electron chi connectivity index (χ0n) is 17.1. The van der Waals surface area contributed by atoms with Crippen LogP contribution < -0.4 is 15.8 Å². The van der Waals surface area contributed by atoms with Crippen molar-refractivity contribution in [2.75, 3.05) is 37.3 Å². The largest absolute Gasteiger partial charge is 0.492 e. The molecule has 3 aromatic rings. The highest BCUT2D eigenvalue weighted by Gasteiger charge is 2.12. The van der Waals surface area contributed by atoms with Crippen LogP contribution in [-0.4, -0.2) is 41.1 Å². The minimum absolute atomic E-state index is 0.444. The van der Waals surface area contributed by atoms with E-state index in [0.29, 0.717) is 23.4 Å². The summed E-state index contributed by atoms with van der Waals surface area (Å²) in [7, 11) is 0. The number of hydrogen-bond donors (Lipinski definition) is 2. The van der Waals surface area contributed by atoms with Gasteiger partial charge in [0.05, 0.1) is 5.69 Å². The highest BCUT2D eigenvalue weighted by molar-refractivity contribution is 6.30. The number of anilines is 3. The molecule has 2 aromatic carbocycles. The molecule has 0 atom stereocenters. The number of rotatable bonds is 7. The van der Waals surface area contributed by atoms with Crippen LogP contribution >= 0.6 is 11.6 Å². The van der Waals surface area contributed by atoms with Crippen LogP contribution in [0, 0.1) is 6.92 Å². The number of ether oxygens (including phenoxy) is 1. The van der Waals surface area contributed by atoms with Crippen LogP contribution in [0.25, 0.3) is 11.3 Å². The standard InChI is InChI=1S/C23H26ClN5O/c1-16-21(17-4-6-18(24)7-5-17)27-23(28-22(16)25)26-19-8-10-20(11-9-19)30-15-14-29-12-2-3-13-29/h4-11H,2-3,12-15H2,1H3,(H3,25,26,27,28). The molecule has 7 heteroatoms. The van der Waals surface area contributed by atoms with E-state index in [2.05, 4.69) is 20.2 Å². The predicted octanol–water partition coefficient (Wildman–Crippen LogP) is 4.91. The van der Waals surface area contributed by atoms with Crippen molar-refractivity contribution >= 4 is 29.1 Å². The molecule has 0 unspecified atom stereocenters. The third-order valence-corrected chi connectivity index (χ3v) is 5.54. The van der Waals surface area contributed by atoms with Crippen LogP contribution in [0.4, 0.5) is 17.5 Å². The van der Waals surface area contributed by atoms with Crippen LogP contribution in [0.5, 0.6) is 5.75 Å². The maximum Gasteiger partial charge on any atom is 0.229 e. The van der Waals surface area contributed by atoms with Gasteiger partial charge in [0.25, 0.3) is 0 Å². The van der Waals surface area contributed by atoms with E-state index < -0.39 is 0 Å². The molecule has 6 nitrogen and oxygen atoms in total. The normalized spacial score (nSPS) is 14.1. The highest BCUT2D eigenvalue weighted by Crippen LogP contribution is 2.28. The summed E-state index contributed by atoms with van der Waals surface area (Å²) in [5.74, 6) is 1.75. The summed E-state index contributed by atoms with van der Waals surface area (Å²) in [5, 5.41) is 3.91. The first-order valence-corrected chi connectivity index (χ1v) is 10.6. The number of nitrogen functional groups attached to an aromatic ring is 1. The molecule has 3 N–H and O–H groups in total. The third-order valence-electron chi connectivity index (χ3n) is 5.29. The van der Waals surface area contributed by atoms with Gasteiger partial charge < -0.3 is 15.8 Å². The van der Waals surface area contributed by atoms with Crippen molar-refractivity contribution in [3.63, 3.8) is 0 Å². The van der Waals surface area contributed by atoms with Crippen molar-refractivity contribution in [2.24, 2.45) is 0 Å². The maximum atomic E-state index is 6.13. The molecule has 4 rings (SSSR count). The van der Waals surface area contributed by atoms with Crippen molar-refractivity contribution in [1.82, 2.24) is 14.9 Å². The Hall–Kier alpha value is -2.83. The van der Waals surface area contributed by atoms with Crippen molar-refractivity contribution < 1.29 is 4.74 Å². The summed E-state index contributed by atoms with van der Waals surface area (Å²) in [4.78, 5) is 11.5. The second-order valence-corrected chi connectivity index (χ2v) is 7.90.